The Bertz CT molecular complexity index is 1780. The first kappa shape index (κ1) is 32.7. The summed E-state index contributed by atoms with van der Waals surface area (Å²) in [4.78, 5) is 22.6. The van der Waals surface area contributed by atoms with Crippen molar-refractivity contribution in [3.8, 4) is 11.5 Å². The summed E-state index contributed by atoms with van der Waals surface area (Å²) in [6.07, 6.45) is -0.342. The number of carbonyl (C=O) groups is 1. The van der Waals surface area contributed by atoms with Crippen molar-refractivity contribution < 1.29 is 24.1 Å². The molecule has 10 nitrogen and oxygen atoms in total. The van der Waals surface area contributed by atoms with E-state index in [-0.39, 0.29) is 25.5 Å². The van der Waals surface area contributed by atoms with Crippen molar-refractivity contribution in [3.63, 3.8) is 0 Å². The van der Waals surface area contributed by atoms with Gasteiger partial charge in [0.15, 0.2) is 11.6 Å². The number of carbonyl (C=O) groups excluding carboxylic acids is 1. The van der Waals surface area contributed by atoms with Crippen molar-refractivity contribution in [2.75, 3.05) is 20.3 Å². The minimum absolute atomic E-state index is 0.0341. The summed E-state index contributed by atoms with van der Waals surface area (Å²) < 4.78 is 17.8. The fourth-order valence-electron chi connectivity index (χ4n) is 5.17. The zero-order valence-electron chi connectivity index (χ0n) is 24.9. The molecule has 0 saturated carbocycles. The zero-order valence-corrected chi connectivity index (χ0v) is 26.4. The number of rotatable bonds is 13. The molecule has 0 bridgehead atoms. The van der Waals surface area contributed by atoms with E-state index < -0.39 is 17.6 Å². The van der Waals surface area contributed by atoms with Gasteiger partial charge in [-0.05, 0) is 70.8 Å². The number of hydrogen-bond acceptors (Lipinski definition) is 7. The number of hydrogen-bond donors (Lipinski definition) is 2. The quantitative estimate of drug-likeness (QED) is 0.0661. The Kier molecular flexibility index (Phi) is 10.7. The van der Waals surface area contributed by atoms with E-state index in [1.807, 2.05) is 24.3 Å². The van der Waals surface area contributed by atoms with Gasteiger partial charge >= 0.3 is 0 Å². The lowest BCUT2D eigenvalue weighted by atomic mass is 9.81. The van der Waals surface area contributed by atoms with Crippen LogP contribution in [-0.4, -0.2) is 42.8 Å². The molecule has 12 heteroatoms. The van der Waals surface area contributed by atoms with Crippen LogP contribution in [0.1, 0.15) is 34.8 Å². The van der Waals surface area contributed by atoms with Crippen molar-refractivity contribution in [2.24, 2.45) is 10.1 Å². The second-order valence-electron chi connectivity index (χ2n) is 10.5. The van der Waals surface area contributed by atoms with E-state index in [4.69, 9.17) is 47.5 Å². The van der Waals surface area contributed by atoms with Crippen LogP contribution < -0.4 is 14.8 Å². The Morgan fingerprint density at radius 2 is 1.85 bits per heavy atom. The van der Waals surface area contributed by atoms with E-state index in [0.717, 1.165) is 5.56 Å². The SMILES string of the molecule is COc1cccc([C@H]2OC(c3ccc(OCCCO)cc3)=N[C@@]2(Cc2ccccc2N=[N+]=[N-])C(=O)NCc2ccc(Cl)c(Cl)c2)c1. The highest BCUT2D eigenvalue weighted by Gasteiger charge is 2.53. The zero-order chi connectivity index (χ0) is 32.5. The Balaban J connectivity index is 1.61. The van der Waals surface area contributed by atoms with Crippen LogP contribution in [0.5, 0.6) is 11.5 Å². The van der Waals surface area contributed by atoms with Crippen molar-refractivity contribution in [3.05, 3.63) is 134 Å². The normalized spacial score (nSPS) is 17.0. The van der Waals surface area contributed by atoms with Gasteiger partial charge in [-0.1, -0.05) is 70.8 Å². The average Bonchev–Trinajstić information content (AvgIpc) is 3.47. The van der Waals surface area contributed by atoms with Crippen LogP contribution in [0, 0.1) is 0 Å². The first-order valence-corrected chi connectivity index (χ1v) is 15.2. The van der Waals surface area contributed by atoms with E-state index in [2.05, 4.69) is 15.3 Å². The molecule has 0 fully saturated rings. The van der Waals surface area contributed by atoms with E-state index in [0.29, 0.717) is 56.9 Å². The predicted octanol–water partition coefficient (Wildman–Crippen LogP) is 7.52. The Labute approximate surface area is 276 Å². The van der Waals surface area contributed by atoms with Gasteiger partial charge in [-0.25, -0.2) is 4.99 Å². The number of nitrogens with one attached hydrogen (secondary N) is 1. The van der Waals surface area contributed by atoms with E-state index in [9.17, 15) is 10.3 Å². The van der Waals surface area contributed by atoms with E-state index in [1.54, 1.807) is 73.8 Å². The number of aliphatic hydroxyl groups is 1. The van der Waals surface area contributed by atoms with E-state index in [1.165, 1.54) is 0 Å². The lowest BCUT2D eigenvalue weighted by Gasteiger charge is -2.31. The number of nitrogens with zero attached hydrogens (tertiary/aromatic N) is 4. The largest absolute Gasteiger partial charge is 0.497 e. The molecule has 0 unspecified atom stereocenters. The first-order valence-electron chi connectivity index (χ1n) is 14.5. The predicted molar refractivity (Wildman–Crippen MR) is 177 cm³/mol. The van der Waals surface area contributed by atoms with Gasteiger partial charge in [-0.3, -0.25) is 4.79 Å². The standard InChI is InChI=1S/C34H31Cl2N5O5/c1-44-27-8-4-7-24(19-27)31-34(20-25-6-2-3-9-30(25)40-41-37,33(43)38-21-22-10-15-28(35)29(36)18-22)39-32(46-31)23-11-13-26(14-12-23)45-17-5-16-42/h2-4,6-15,18-19,31,42H,5,16-17,20-21H2,1H3,(H,38,43)/t31-,34-/m1/s1. The van der Waals surface area contributed by atoms with Gasteiger partial charge in [-0.2, -0.15) is 0 Å². The van der Waals surface area contributed by atoms with Gasteiger partial charge in [0.05, 0.1) is 23.8 Å². The summed E-state index contributed by atoms with van der Waals surface area (Å²) in [5.41, 5.74) is 10.7. The average molecular weight is 661 g/mol. The molecule has 0 aliphatic carbocycles. The lowest BCUT2D eigenvalue weighted by molar-refractivity contribution is -0.129. The molecule has 1 aliphatic rings. The third kappa shape index (κ3) is 7.38. The third-order valence-corrected chi connectivity index (χ3v) is 8.21. The number of ether oxygens (including phenoxy) is 3. The summed E-state index contributed by atoms with van der Waals surface area (Å²) in [7, 11) is 1.56. The molecular weight excluding hydrogens is 629 g/mol. The van der Waals surface area contributed by atoms with Gasteiger partial charge < -0.3 is 24.6 Å². The third-order valence-electron chi connectivity index (χ3n) is 7.47. The Hall–Kier alpha value is -4.73. The molecule has 236 valence electrons. The number of aliphatic imine (C=N–C) groups is 1. The van der Waals surface area contributed by atoms with Crippen LogP contribution >= 0.6 is 23.2 Å². The second kappa shape index (κ2) is 15.0. The van der Waals surface area contributed by atoms with Crippen LogP contribution in [0.2, 0.25) is 10.0 Å². The van der Waals surface area contributed by atoms with Gasteiger partial charge in [0.25, 0.3) is 5.91 Å². The molecule has 4 aromatic carbocycles. The summed E-state index contributed by atoms with van der Waals surface area (Å²) in [6, 6.07) is 26.6. The maximum atomic E-state index is 14.5. The maximum absolute atomic E-state index is 14.5. The van der Waals surface area contributed by atoms with Crippen molar-refractivity contribution in [2.45, 2.75) is 31.0 Å². The van der Waals surface area contributed by atoms with Crippen LogP contribution in [0.3, 0.4) is 0 Å². The molecule has 2 atom stereocenters. The molecule has 2 N–H and O–H groups in total. The van der Waals surface area contributed by atoms with Gasteiger partial charge in [0.1, 0.15) is 11.5 Å². The van der Waals surface area contributed by atoms with Crippen LogP contribution in [-0.2, 0) is 22.5 Å². The van der Waals surface area contributed by atoms with E-state index >= 15 is 0 Å². The number of methoxy groups -OCH3 is 1. The minimum atomic E-state index is -1.55. The topological polar surface area (TPSA) is 138 Å². The van der Waals surface area contributed by atoms with Crippen LogP contribution in [0.15, 0.2) is 101 Å². The molecule has 5 rings (SSSR count). The van der Waals surface area contributed by atoms with Crippen LogP contribution in [0.25, 0.3) is 10.4 Å². The number of azide groups is 1. The molecule has 1 aliphatic heterocycles. The fraction of sp³-hybridized carbons (Fsp3) is 0.235. The Morgan fingerprint density at radius 1 is 1.04 bits per heavy atom. The highest BCUT2D eigenvalue weighted by molar-refractivity contribution is 6.42. The van der Waals surface area contributed by atoms with Gasteiger partial charge in [-0.15, -0.1) is 0 Å². The lowest BCUT2D eigenvalue weighted by Crippen LogP contribution is -2.49. The maximum Gasteiger partial charge on any atom is 0.252 e. The molecule has 0 saturated heterocycles. The van der Waals surface area contributed by atoms with Crippen molar-refractivity contribution in [1.29, 1.82) is 0 Å². The number of amides is 1. The minimum Gasteiger partial charge on any atom is -0.497 e. The van der Waals surface area contributed by atoms with Crippen LogP contribution in [0.4, 0.5) is 5.69 Å². The second-order valence-corrected chi connectivity index (χ2v) is 11.3. The van der Waals surface area contributed by atoms with Crippen molar-refractivity contribution in [1.82, 2.24) is 5.32 Å². The summed E-state index contributed by atoms with van der Waals surface area (Å²) >= 11 is 12.4. The fourth-order valence-corrected chi connectivity index (χ4v) is 5.49. The molecule has 0 aromatic heterocycles. The Morgan fingerprint density at radius 3 is 2.59 bits per heavy atom. The molecule has 1 heterocycles. The molecule has 1 amide bonds. The smallest absolute Gasteiger partial charge is 0.252 e. The highest BCUT2D eigenvalue weighted by Crippen LogP contribution is 2.44. The summed E-state index contributed by atoms with van der Waals surface area (Å²) in [5.74, 6) is 1.04. The molecule has 0 radical (unpaired) electrons. The monoisotopic (exact) mass is 659 g/mol. The summed E-state index contributed by atoms with van der Waals surface area (Å²) in [6.45, 7) is 0.551. The van der Waals surface area contributed by atoms with Gasteiger partial charge in [0, 0.05) is 42.2 Å². The molecular formula is C34H31Cl2N5O5. The number of aliphatic hydroxyl groups excluding tert-OH is 1. The van der Waals surface area contributed by atoms with Crippen molar-refractivity contribution >= 4 is 40.7 Å². The number of halogens is 2. The molecule has 0 spiro atoms. The highest BCUT2D eigenvalue weighted by atomic mass is 35.5. The summed E-state index contributed by atoms with van der Waals surface area (Å²) in [5, 5.41) is 16.8. The first-order chi connectivity index (χ1) is 22.4. The molecule has 46 heavy (non-hydrogen) atoms. The van der Waals surface area contributed by atoms with Gasteiger partial charge in [0.2, 0.25) is 5.90 Å². The number of benzene rings is 4. The molecule has 4 aromatic rings.